The number of carboxylic acid groups (broad SMARTS) is 1. The number of aromatic carboxylic acids is 1. The Kier molecular flexibility index (Phi) is 3.62. The second kappa shape index (κ2) is 5.80. The fourth-order valence-electron chi connectivity index (χ4n) is 3.66. The molecule has 1 aliphatic rings. The molecule has 0 saturated heterocycles. The first-order valence-corrected chi connectivity index (χ1v) is 8.23. The lowest BCUT2D eigenvalue weighted by Gasteiger charge is -2.24. The first-order valence-electron chi connectivity index (χ1n) is 8.23. The molecular formula is C20H20N2O2. The first kappa shape index (κ1) is 15.0. The molecule has 0 radical (unpaired) electrons. The lowest BCUT2D eigenvalue weighted by atomic mass is 10.0. The summed E-state index contributed by atoms with van der Waals surface area (Å²) in [4.78, 5) is 13.7. The van der Waals surface area contributed by atoms with Crippen molar-refractivity contribution >= 4 is 16.9 Å². The molecule has 0 atom stereocenters. The third kappa shape index (κ3) is 2.49. The zero-order chi connectivity index (χ0) is 16.7. The number of aromatic nitrogens is 1. The van der Waals surface area contributed by atoms with E-state index < -0.39 is 5.97 Å². The number of rotatable bonds is 3. The van der Waals surface area contributed by atoms with Gasteiger partial charge in [0.1, 0.15) is 0 Å². The number of carbonyl (C=O) groups is 1. The lowest BCUT2D eigenvalue weighted by molar-refractivity contribution is 0.0697. The largest absolute Gasteiger partial charge is 0.478 e. The summed E-state index contributed by atoms with van der Waals surface area (Å²) in [6.45, 7) is 2.73. The SMILES string of the molecule is CN1CCc2c(c3cc(C(=O)O)ccc3n2Cc2ccccc2)C1. The maximum absolute atomic E-state index is 11.4. The summed E-state index contributed by atoms with van der Waals surface area (Å²) < 4.78 is 2.36. The van der Waals surface area contributed by atoms with Gasteiger partial charge >= 0.3 is 5.97 Å². The van der Waals surface area contributed by atoms with Gasteiger partial charge in [-0.3, -0.25) is 0 Å². The predicted octanol–water partition coefficient (Wildman–Crippen LogP) is 3.38. The zero-order valence-corrected chi connectivity index (χ0v) is 13.7. The summed E-state index contributed by atoms with van der Waals surface area (Å²) in [5.74, 6) is -0.870. The topological polar surface area (TPSA) is 45.5 Å². The number of carboxylic acids is 1. The van der Waals surface area contributed by atoms with Crippen molar-refractivity contribution in [2.45, 2.75) is 19.5 Å². The average Bonchev–Trinajstić information content (AvgIpc) is 2.88. The van der Waals surface area contributed by atoms with Gasteiger partial charge in [-0.05, 0) is 36.4 Å². The second-order valence-corrected chi connectivity index (χ2v) is 6.52. The highest BCUT2D eigenvalue weighted by Crippen LogP contribution is 2.32. The molecule has 0 unspecified atom stereocenters. The highest BCUT2D eigenvalue weighted by atomic mass is 16.4. The van der Waals surface area contributed by atoms with Gasteiger partial charge in [0, 0.05) is 42.7 Å². The minimum absolute atomic E-state index is 0.357. The highest BCUT2D eigenvalue weighted by Gasteiger charge is 2.23. The van der Waals surface area contributed by atoms with E-state index >= 15 is 0 Å². The Morgan fingerprint density at radius 2 is 1.96 bits per heavy atom. The number of fused-ring (bicyclic) bond motifs is 3. The van der Waals surface area contributed by atoms with E-state index in [0.717, 1.165) is 37.0 Å². The maximum Gasteiger partial charge on any atom is 0.335 e. The monoisotopic (exact) mass is 320 g/mol. The van der Waals surface area contributed by atoms with E-state index in [9.17, 15) is 9.90 Å². The smallest absolute Gasteiger partial charge is 0.335 e. The number of hydrogen-bond acceptors (Lipinski definition) is 2. The quantitative estimate of drug-likeness (QED) is 0.805. The van der Waals surface area contributed by atoms with Gasteiger partial charge in [-0.2, -0.15) is 0 Å². The van der Waals surface area contributed by atoms with Crippen molar-refractivity contribution in [3.05, 3.63) is 70.9 Å². The Bertz CT molecular complexity index is 912. The molecule has 0 fully saturated rings. The van der Waals surface area contributed by atoms with Crippen molar-refractivity contribution in [3.8, 4) is 0 Å². The van der Waals surface area contributed by atoms with Gasteiger partial charge in [0.05, 0.1) is 5.56 Å². The Morgan fingerprint density at radius 1 is 1.17 bits per heavy atom. The van der Waals surface area contributed by atoms with Crippen LogP contribution in [-0.4, -0.2) is 34.1 Å². The van der Waals surface area contributed by atoms with Crippen LogP contribution in [0.4, 0.5) is 0 Å². The van der Waals surface area contributed by atoms with Crippen LogP contribution in [0.25, 0.3) is 10.9 Å². The Hall–Kier alpha value is -2.59. The standard InChI is InChI=1S/C20H20N2O2/c1-21-10-9-19-17(13-21)16-11-15(20(23)24)7-8-18(16)22(19)12-14-5-3-2-4-6-14/h2-8,11H,9-10,12-13H2,1H3,(H,23,24). The van der Waals surface area contributed by atoms with Crippen LogP contribution >= 0.6 is 0 Å². The predicted molar refractivity (Wildman–Crippen MR) is 94.5 cm³/mol. The summed E-state index contributed by atoms with van der Waals surface area (Å²) in [6.07, 6.45) is 0.996. The molecule has 2 heterocycles. The minimum Gasteiger partial charge on any atom is -0.478 e. The number of nitrogens with zero attached hydrogens (tertiary/aromatic N) is 2. The Labute approximate surface area is 140 Å². The molecule has 0 amide bonds. The molecule has 4 heteroatoms. The fourth-order valence-corrected chi connectivity index (χ4v) is 3.66. The molecule has 1 aromatic heterocycles. The van der Waals surface area contributed by atoms with Gasteiger partial charge in [0.15, 0.2) is 0 Å². The summed E-state index contributed by atoms with van der Waals surface area (Å²) in [7, 11) is 2.12. The van der Waals surface area contributed by atoms with Crippen molar-refractivity contribution < 1.29 is 9.90 Å². The molecule has 122 valence electrons. The van der Waals surface area contributed by atoms with Gasteiger partial charge < -0.3 is 14.6 Å². The van der Waals surface area contributed by atoms with E-state index in [4.69, 9.17) is 0 Å². The van der Waals surface area contributed by atoms with Gasteiger partial charge in [0.25, 0.3) is 0 Å². The molecule has 1 N–H and O–H groups in total. The van der Waals surface area contributed by atoms with E-state index in [1.165, 1.54) is 16.8 Å². The average molecular weight is 320 g/mol. The van der Waals surface area contributed by atoms with Crippen LogP contribution in [0.1, 0.15) is 27.2 Å². The Morgan fingerprint density at radius 3 is 2.71 bits per heavy atom. The third-order valence-corrected chi connectivity index (χ3v) is 4.88. The van der Waals surface area contributed by atoms with Gasteiger partial charge in [-0.1, -0.05) is 30.3 Å². The lowest BCUT2D eigenvalue weighted by Crippen LogP contribution is -2.27. The summed E-state index contributed by atoms with van der Waals surface area (Å²) >= 11 is 0. The van der Waals surface area contributed by atoms with Crippen LogP contribution in [0.3, 0.4) is 0 Å². The summed E-state index contributed by atoms with van der Waals surface area (Å²) in [6, 6.07) is 15.9. The van der Waals surface area contributed by atoms with Crippen LogP contribution in [0.2, 0.25) is 0 Å². The molecule has 4 nitrogen and oxygen atoms in total. The third-order valence-electron chi connectivity index (χ3n) is 4.88. The molecule has 0 aliphatic carbocycles. The van der Waals surface area contributed by atoms with Crippen LogP contribution < -0.4 is 0 Å². The summed E-state index contributed by atoms with van der Waals surface area (Å²) in [5.41, 5.74) is 5.37. The van der Waals surface area contributed by atoms with Crippen LogP contribution in [0, 0.1) is 0 Å². The fraction of sp³-hybridized carbons (Fsp3) is 0.250. The van der Waals surface area contributed by atoms with Gasteiger partial charge in [-0.15, -0.1) is 0 Å². The van der Waals surface area contributed by atoms with Crippen molar-refractivity contribution in [2.75, 3.05) is 13.6 Å². The molecule has 0 spiro atoms. The normalized spacial score (nSPS) is 14.7. The summed E-state index contributed by atoms with van der Waals surface area (Å²) in [5, 5.41) is 10.4. The highest BCUT2D eigenvalue weighted by molar-refractivity contribution is 5.95. The number of hydrogen-bond donors (Lipinski definition) is 1. The Balaban J connectivity index is 1.90. The van der Waals surface area contributed by atoms with Gasteiger partial charge in [0.2, 0.25) is 0 Å². The van der Waals surface area contributed by atoms with E-state index in [0.29, 0.717) is 5.56 Å². The van der Waals surface area contributed by atoms with E-state index in [1.54, 1.807) is 6.07 Å². The second-order valence-electron chi connectivity index (χ2n) is 6.52. The maximum atomic E-state index is 11.4. The number of likely N-dealkylation sites (N-methyl/N-ethyl adjacent to an activating group) is 1. The van der Waals surface area contributed by atoms with Crippen molar-refractivity contribution in [1.82, 2.24) is 9.47 Å². The van der Waals surface area contributed by atoms with Crippen LogP contribution in [-0.2, 0) is 19.5 Å². The van der Waals surface area contributed by atoms with E-state index in [2.05, 4.69) is 40.8 Å². The first-order chi connectivity index (χ1) is 11.6. The van der Waals surface area contributed by atoms with Gasteiger partial charge in [-0.25, -0.2) is 4.79 Å². The van der Waals surface area contributed by atoms with E-state index in [-0.39, 0.29) is 0 Å². The molecule has 24 heavy (non-hydrogen) atoms. The van der Waals surface area contributed by atoms with E-state index in [1.807, 2.05) is 18.2 Å². The van der Waals surface area contributed by atoms with Crippen molar-refractivity contribution in [1.29, 1.82) is 0 Å². The molecule has 1 aliphatic heterocycles. The molecule has 3 aromatic rings. The number of benzene rings is 2. The molecule has 2 aromatic carbocycles. The minimum atomic E-state index is -0.870. The zero-order valence-electron chi connectivity index (χ0n) is 13.7. The van der Waals surface area contributed by atoms with Crippen molar-refractivity contribution in [3.63, 3.8) is 0 Å². The van der Waals surface area contributed by atoms with Crippen LogP contribution in [0.15, 0.2) is 48.5 Å². The molecule has 0 bridgehead atoms. The molecule has 4 rings (SSSR count). The molecule has 0 saturated carbocycles. The van der Waals surface area contributed by atoms with Crippen molar-refractivity contribution in [2.24, 2.45) is 0 Å². The van der Waals surface area contributed by atoms with Crippen LogP contribution in [0.5, 0.6) is 0 Å². The molecular weight excluding hydrogens is 300 g/mol.